The summed E-state index contributed by atoms with van der Waals surface area (Å²) >= 11 is 0. The number of carbonyl (C=O) groups excluding carboxylic acids is 1. The lowest BCUT2D eigenvalue weighted by Gasteiger charge is -2.46. The van der Waals surface area contributed by atoms with Crippen LogP contribution in [0.25, 0.3) is 0 Å². The lowest BCUT2D eigenvalue weighted by molar-refractivity contribution is -0.191. The molecule has 0 unspecified atom stereocenters. The van der Waals surface area contributed by atoms with E-state index in [-0.39, 0.29) is 0 Å². The number of morpholine rings is 1. The van der Waals surface area contributed by atoms with Crippen molar-refractivity contribution in [2.24, 2.45) is 0 Å². The fourth-order valence-electron chi connectivity index (χ4n) is 2.07. The number of carboxylic acids is 1. The Bertz CT molecular complexity index is 280. The van der Waals surface area contributed by atoms with Gasteiger partial charge in [0, 0.05) is 13.1 Å². The van der Waals surface area contributed by atoms with Crippen LogP contribution in [0, 0.1) is 0 Å². The first-order valence-electron chi connectivity index (χ1n) is 4.85. The molecule has 1 amide bonds. The van der Waals surface area contributed by atoms with Crippen molar-refractivity contribution in [3.63, 3.8) is 0 Å². The lowest BCUT2D eigenvalue weighted by atomic mass is 9.99. The van der Waals surface area contributed by atoms with Gasteiger partial charge in [-0.1, -0.05) is 0 Å². The summed E-state index contributed by atoms with van der Waals surface area (Å²) in [6.07, 6.45) is 0. The van der Waals surface area contributed by atoms with Crippen molar-refractivity contribution in [1.29, 1.82) is 0 Å². The molecule has 0 aromatic carbocycles. The molecule has 1 saturated heterocycles. The van der Waals surface area contributed by atoms with E-state index in [2.05, 4.69) is 0 Å². The predicted octanol–water partition coefficient (Wildman–Crippen LogP) is 0.487. The molecule has 1 heterocycles. The van der Waals surface area contributed by atoms with Gasteiger partial charge in [-0.25, -0.2) is 4.79 Å². The van der Waals surface area contributed by atoms with Gasteiger partial charge in [0.25, 0.3) is 0 Å². The standard InChI is InChI=1S/C10H17NO4/c1-9(2)5-11(7(12)8(13)14)6-10(3,4)15-9/h5-6H2,1-4H3,(H,13,14). The molecule has 0 spiro atoms. The van der Waals surface area contributed by atoms with E-state index < -0.39 is 23.1 Å². The highest BCUT2D eigenvalue weighted by atomic mass is 16.5. The van der Waals surface area contributed by atoms with E-state index in [4.69, 9.17) is 9.84 Å². The molecular formula is C10H17NO4. The molecule has 0 atom stereocenters. The van der Waals surface area contributed by atoms with Gasteiger partial charge < -0.3 is 14.7 Å². The fraction of sp³-hybridized carbons (Fsp3) is 0.800. The van der Waals surface area contributed by atoms with Gasteiger partial charge in [0.15, 0.2) is 0 Å². The monoisotopic (exact) mass is 215 g/mol. The summed E-state index contributed by atoms with van der Waals surface area (Å²) < 4.78 is 5.73. The molecule has 0 aromatic rings. The van der Waals surface area contributed by atoms with E-state index in [9.17, 15) is 9.59 Å². The van der Waals surface area contributed by atoms with Gasteiger partial charge in [-0.2, -0.15) is 0 Å². The molecule has 0 aliphatic carbocycles. The van der Waals surface area contributed by atoms with E-state index in [0.717, 1.165) is 0 Å². The minimum absolute atomic E-state index is 0.307. The average Bonchev–Trinajstić information content (AvgIpc) is 1.96. The molecule has 0 saturated carbocycles. The summed E-state index contributed by atoms with van der Waals surface area (Å²) in [5, 5.41) is 8.64. The molecule has 1 aliphatic rings. The number of hydrogen-bond donors (Lipinski definition) is 1. The third-order valence-electron chi connectivity index (χ3n) is 2.17. The zero-order valence-electron chi connectivity index (χ0n) is 9.53. The SMILES string of the molecule is CC1(C)CN(C(=O)C(=O)O)CC(C)(C)O1. The molecule has 5 heteroatoms. The molecule has 0 aromatic heterocycles. The number of aliphatic carboxylic acids is 1. The largest absolute Gasteiger partial charge is 0.474 e. The van der Waals surface area contributed by atoms with Gasteiger partial charge in [-0.3, -0.25) is 4.79 Å². The zero-order chi connectivity index (χ0) is 11.9. The molecule has 86 valence electrons. The second-order valence-electron chi connectivity index (χ2n) is 5.09. The van der Waals surface area contributed by atoms with Crippen LogP contribution >= 0.6 is 0 Å². The molecule has 1 N–H and O–H groups in total. The highest BCUT2D eigenvalue weighted by Gasteiger charge is 2.41. The third kappa shape index (κ3) is 2.92. The van der Waals surface area contributed by atoms with Crippen molar-refractivity contribution in [1.82, 2.24) is 4.90 Å². The number of hydrogen-bond acceptors (Lipinski definition) is 3. The Balaban J connectivity index is 2.84. The first kappa shape index (κ1) is 12.0. The number of amides is 1. The second kappa shape index (κ2) is 3.48. The predicted molar refractivity (Wildman–Crippen MR) is 53.5 cm³/mol. The van der Waals surface area contributed by atoms with Gasteiger partial charge in [0.2, 0.25) is 0 Å². The molecular weight excluding hydrogens is 198 g/mol. The number of carbonyl (C=O) groups is 2. The quantitative estimate of drug-likeness (QED) is 0.597. The van der Waals surface area contributed by atoms with Crippen molar-refractivity contribution < 1.29 is 19.4 Å². The average molecular weight is 215 g/mol. The van der Waals surface area contributed by atoms with Gasteiger partial charge in [-0.05, 0) is 27.7 Å². The Morgan fingerprint density at radius 3 is 1.87 bits per heavy atom. The number of rotatable bonds is 0. The van der Waals surface area contributed by atoms with Crippen LogP contribution in [0.2, 0.25) is 0 Å². The Hall–Kier alpha value is -1.10. The highest BCUT2D eigenvalue weighted by Crippen LogP contribution is 2.27. The van der Waals surface area contributed by atoms with E-state index in [1.807, 2.05) is 27.7 Å². The number of nitrogens with zero attached hydrogens (tertiary/aromatic N) is 1. The smallest absolute Gasteiger partial charge is 0.394 e. The van der Waals surface area contributed by atoms with Crippen LogP contribution in [0.15, 0.2) is 0 Å². The maximum Gasteiger partial charge on any atom is 0.394 e. The molecule has 1 fully saturated rings. The van der Waals surface area contributed by atoms with Gasteiger partial charge in [-0.15, -0.1) is 0 Å². The molecule has 1 aliphatic heterocycles. The molecule has 0 bridgehead atoms. The topological polar surface area (TPSA) is 66.8 Å². The van der Waals surface area contributed by atoms with Gasteiger partial charge in [0.05, 0.1) is 11.2 Å². The minimum atomic E-state index is -1.41. The molecule has 15 heavy (non-hydrogen) atoms. The number of ether oxygens (including phenoxy) is 1. The highest BCUT2D eigenvalue weighted by molar-refractivity contribution is 6.31. The van der Waals surface area contributed by atoms with Crippen molar-refractivity contribution in [3.05, 3.63) is 0 Å². The number of carboxylic acid groups (broad SMARTS) is 1. The normalized spacial score (nSPS) is 23.6. The van der Waals surface area contributed by atoms with Crippen LogP contribution in [0.3, 0.4) is 0 Å². The van der Waals surface area contributed by atoms with E-state index in [0.29, 0.717) is 13.1 Å². The molecule has 0 radical (unpaired) electrons. The van der Waals surface area contributed by atoms with Crippen LogP contribution in [0.1, 0.15) is 27.7 Å². The van der Waals surface area contributed by atoms with Crippen molar-refractivity contribution >= 4 is 11.9 Å². The first-order valence-corrected chi connectivity index (χ1v) is 4.85. The Morgan fingerprint density at radius 2 is 1.53 bits per heavy atom. The van der Waals surface area contributed by atoms with Crippen LogP contribution in [0.4, 0.5) is 0 Å². The van der Waals surface area contributed by atoms with Crippen LogP contribution in [-0.2, 0) is 14.3 Å². The van der Waals surface area contributed by atoms with Crippen LogP contribution in [-0.4, -0.2) is 46.2 Å². The third-order valence-corrected chi connectivity index (χ3v) is 2.17. The summed E-state index contributed by atoms with van der Waals surface area (Å²) in [5.41, 5.74) is -1.01. The van der Waals surface area contributed by atoms with Crippen LogP contribution < -0.4 is 0 Å². The van der Waals surface area contributed by atoms with E-state index in [1.54, 1.807) is 0 Å². The summed E-state index contributed by atoms with van der Waals surface area (Å²) in [5.74, 6) is -2.28. The van der Waals surface area contributed by atoms with E-state index in [1.165, 1.54) is 4.90 Å². The second-order valence-corrected chi connectivity index (χ2v) is 5.09. The van der Waals surface area contributed by atoms with Crippen molar-refractivity contribution in [2.45, 2.75) is 38.9 Å². The maximum atomic E-state index is 11.3. The summed E-state index contributed by atoms with van der Waals surface area (Å²) in [7, 11) is 0. The Kier molecular flexibility index (Phi) is 2.78. The Morgan fingerprint density at radius 1 is 1.13 bits per heavy atom. The van der Waals surface area contributed by atoms with Crippen molar-refractivity contribution in [2.75, 3.05) is 13.1 Å². The Labute approximate surface area is 89.0 Å². The lowest BCUT2D eigenvalue weighted by Crippen LogP contribution is -2.59. The molecule has 1 rings (SSSR count). The summed E-state index contributed by atoms with van der Waals surface area (Å²) in [6.45, 7) is 7.99. The first-order chi connectivity index (χ1) is 6.63. The van der Waals surface area contributed by atoms with Crippen molar-refractivity contribution in [3.8, 4) is 0 Å². The van der Waals surface area contributed by atoms with Gasteiger partial charge in [0.1, 0.15) is 0 Å². The molecule has 5 nitrogen and oxygen atoms in total. The van der Waals surface area contributed by atoms with Crippen LogP contribution in [0.5, 0.6) is 0 Å². The van der Waals surface area contributed by atoms with Gasteiger partial charge >= 0.3 is 11.9 Å². The zero-order valence-corrected chi connectivity index (χ0v) is 9.53. The summed E-state index contributed by atoms with van der Waals surface area (Å²) in [6, 6.07) is 0. The minimum Gasteiger partial charge on any atom is -0.474 e. The maximum absolute atomic E-state index is 11.3. The van der Waals surface area contributed by atoms with E-state index >= 15 is 0 Å². The summed E-state index contributed by atoms with van der Waals surface area (Å²) in [4.78, 5) is 23.3. The fourth-order valence-corrected chi connectivity index (χ4v) is 2.07.